The first kappa shape index (κ1) is 8.71. The summed E-state index contributed by atoms with van der Waals surface area (Å²) in [4.78, 5) is 4.06. The molecule has 0 bridgehead atoms. The molecule has 2 aromatic rings. The minimum absolute atomic E-state index is 0.894. The van der Waals surface area contributed by atoms with Gasteiger partial charge >= 0.3 is 0 Å². The second kappa shape index (κ2) is 3.85. The van der Waals surface area contributed by atoms with Crippen LogP contribution in [-0.2, 0) is 0 Å². The van der Waals surface area contributed by atoms with E-state index in [2.05, 4.69) is 10.1 Å². The highest BCUT2D eigenvalue weighted by atomic mass is 15.2. The summed E-state index contributed by atoms with van der Waals surface area (Å²) < 4.78 is 1.76. The van der Waals surface area contributed by atoms with Crippen molar-refractivity contribution in [3.05, 3.63) is 30.2 Å². The Labute approximate surface area is 72.1 Å². The van der Waals surface area contributed by atoms with Crippen molar-refractivity contribution in [2.45, 2.75) is 20.8 Å². The normalized spacial score (nSPS) is 9.25. The van der Waals surface area contributed by atoms with Crippen molar-refractivity contribution in [3.8, 4) is 0 Å². The van der Waals surface area contributed by atoms with Gasteiger partial charge in [0.1, 0.15) is 0 Å². The molecule has 2 rings (SSSR count). The summed E-state index contributed by atoms with van der Waals surface area (Å²) in [5.74, 6) is 0. The third-order valence-corrected chi connectivity index (χ3v) is 1.39. The maximum atomic E-state index is 4.19. The topological polar surface area (TPSA) is 30.2 Å². The number of rotatable bonds is 0. The van der Waals surface area contributed by atoms with E-state index in [0.717, 1.165) is 11.3 Å². The highest BCUT2D eigenvalue weighted by Crippen LogP contribution is 1.97. The molecule has 12 heavy (non-hydrogen) atoms. The van der Waals surface area contributed by atoms with Gasteiger partial charge in [0.15, 0.2) is 5.65 Å². The third kappa shape index (κ3) is 1.61. The van der Waals surface area contributed by atoms with E-state index in [-0.39, 0.29) is 0 Å². The maximum absolute atomic E-state index is 4.19. The van der Waals surface area contributed by atoms with Crippen molar-refractivity contribution >= 4 is 5.65 Å². The second-order valence-electron chi connectivity index (χ2n) is 2.20. The third-order valence-electron chi connectivity index (χ3n) is 1.39. The van der Waals surface area contributed by atoms with Gasteiger partial charge in [-0.25, -0.2) is 9.50 Å². The molecule has 2 heterocycles. The van der Waals surface area contributed by atoms with Gasteiger partial charge in [-0.05, 0) is 19.1 Å². The predicted octanol–water partition coefficient (Wildman–Crippen LogP) is 2.06. The van der Waals surface area contributed by atoms with E-state index in [4.69, 9.17) is 0 Å². The molecular formula is C9H13N3. The SMILES string of the molecule is CC.Cc1ccc2nccn2n1. The largest absolute Gasteiger partial charge is 0.236 e. The fraction of sp³-hybridized carbons (Fsp3) is 0.333. The molecule has 0 unspecified atom stereocenters. The summed E-state index contributed by atoms with van der Waals surface area (Å²) in [7, 11) is 0. The molecule has 2 aromatic heterocycles. The van der Waals surface area contributed by atoms with E-state index in [1.807, 2.05) is 39.1 Å². The molecule has 3 nitrogen and oxygen atoms in total. The molecule has 0 radical (unpaired) electrons. The van der Waals surface area contributed by atoms with Crippen LogP contribution in [0.1, 0.15) is 19.5 Å². The molecule has 0 saturated heterocycles. The minimum Gasteiger partial charge on any atom is -0.236 e. The molecule has 0 spiro atoms. The molecule has 0 atom stereocenters. The van der Waals surface area contributed by atoms with Crippen molar-refractivity contribution in [2.75, 3.05) is 0 Å². The molecule has 64 valence electrons. The summed E-state index contributed by atoms with van der Waals surface area (Å²) >= 11 is 0. The lowest BCUT2D eigenvalue weighted by atomic mass is 10.4. The van der Waals surface area contributed by atoms with Crippen LogP contribution in [0.15, 0.2) is 24.5 Å². The number of aryl methyl sites for hydroxylation is 1. The summed E-state index contributed by atoms with van der Waals surface area (Å²) in [5, 5.41) is 4.19. The molecule has 0 fully saturated rings. The van der Waals surface area contributed by atoms with Gasteiger partial charge in [-0.15, -0.1) is 0 Å². The zero-order valence-electron chi connectivity index (χ0n) is 7.65. The quantitative estimate of drug-likeness (QED) is 0.595. The molecule has 3 heteroatoms. The molecule has 0 saturated carbocycles. The fourth-order valence-electron chi connectivity index (χ4n) is 0.911. The van der Waals surface area contributed by atoms with Gasteiger partial charge in [-0.1, -0.05) is 13.8 Å². The Morgan fingerprint density at radius 3 is 2.75 bits per heavy atom. The van der Waals surface area contributed by atoms with E-state index in [9.17, 15) is 0 Å². The van der Waals surface area contributed by atoms with Crippen molar-refractivity contribution in [2.24, 2.45) is 0 Å². The van der Waals surface area contributed by atoms with Gasteiger partial charge in [-0.2, -0.15) is 5.10 Å². The predicted molar refractivity (Wildman–Crippen MR) is 49.1 cm³/mol. The number of hydrogen-bond donors (Lipinski definition) is 0. The van der Waals surface area contributed by atoms with Crippen molar-refractivity contribution < 1.29 is 0 Å². The van der Waals surface area contributed by atoms with Crippen molar-refractivity contribution in [1.29, 1.82) is 0 Å². The van der Waals surface area contributed by atoms with Gasteiger partial charge in [0.05, 0.1) is 5.69 Å². The molecule has 0 aromatic carbocycles. The molecule has 0 aliphatic carbocycles. The average molecular weight is 163 g/mol. The monoisotopic (exact) mass is 163 g/mol. The van der Waals surface area contributed by atoms with Crippen LogP contribution in [0.4, 0.5) is 0 Å². The summed E-state index contributed by atoms with van der Waals surface area (Å²) in [5.41, 5.74) is 1.90. The Balaban J connectivity index is 0.000000336. The molecule has 0 N–H and O–H groups in total. The van der Waals surface area contributed by atoms with Gasteiger partial charge in [0.2, 0.25) is 0 Å². The summed E-state index contributed by atoms with van der Waals surface area (Å²) in [6, 6.07) is 3.89. The lowest BCUT2D eigenvalue weighted by Gasteiger charge is -1.91. The number of imidazole rings is 1. The molecule has 0 aliphatic rings. The van der Waals surface area contributed by atoms with Crippen LogP contribution in [0.25, 0.3) is 5.65 Å². The number of hydrogen-bond acceptors (Lipinski definition) is 2. The Bertz CT molecular complexity index is 351. The first-order chi connectivity index (χ1) is 5.86. The number of fused-ring (bicyclic) bond motifs is 1. The first-order valence-corrected chi connectivity index (χ1v) is 4.13. The zero-order chi connectivity index (χ0) is 8.97. The Hall–Kier alpha value is -1.38. The van der Waals surface area contributed by atoms with E-state index in [1.165, 1.54) is 0 Å². The molecule has 0 aliphatic heterocycles. The second-order valence-corrected chi connectivity index (χ2v) is 2.20. The standard InChI is InChI=1S/C7H7N3.C2H6/c1-6-2-3-7-8-4-5-10(7)9-6;1-2/h2-5H,1H3;1-2H3. The summed E-state index contributed by atoms with van der Waals surface area (Å²) in [6.07, 6.45) is 3.57. The smallest absolute Gasteiger partial charge is 0.153 e. The van der Waals surface area contributed by atoms with Crippen LogP contribution in [-0.4, -0.2) is 14.6 Å². The highest BCUT2D eigenvalue weighted by Gasteiger charge is 1.91. The van der Waals surface area contributed by atoms with Gasteiger partial charge in [0, 0.05) is 12.4 Å². The van der Waals surface area contributed by atoms with E-state index >= 15 is 0 Å². The maximum Gasteiger partial charge on any atom is 0.153 e. The zero-order valence-corrected chi connectivity index (χ0v) is 7.65. The van der Waals surface area contributed by atoms with E-state index in [0.29, 0.717) is 0 Å². The van der Waals surface area contributed by atoms with Crippen LogP contribution < -0.4 is 0 Å². The van der Waals surface area contributed by atoms with Crippen LogP contribution in [0, 0.1) is 6.92 Å². The van der Waals surface area contributed by atoms with Crippen LogP contribution in [0.2, 0.25) is 0 Å². The molecule has 0 amide bonds. The van der Waals surface area contributed by atoms with E-state index in [1.54, 1.807) is 10.7 Å². The Morgan fingerprint density at radius 1 is 1.25 bits per heavy atom. The van der Waals surface area contributed by atoms with Crippen LogP contribution in [0.5, 0.6) is 0 Å². The number of aromatic nitrogens is 3. The van der Waals surface area contributed by atoms with Crippen molar-refractivity contribution in [1.82, 2.24) is 14.6 Å². The average Bonchev–Trinajstić information content (AvgIpc) is 2.54. The molecular weight excluding hydrogens is 150 g/mol. The number of nitrogens with zero attached hydrogens (tertiary/aromatic N) is 3. The van der Waals surface area contributed by atoms with Crippen LogP contribution in [0.3, 0.4) is 0 Å². The minimum atomic E-state index is 0.894. The van der Waals surface area contributed by atoms with E-state index < -0.39 is 0 Å². The van der Waals surface area contributed by atoms with Gasteiger partial charge in [0.25, 0.3) is 0 Å². The van der Waals surface area contributed by atoms with Crippen LogP contribution >= 0.6 is 0 Å². The van der Waals surface area contributed by atoms with Gasteiger partial charge < -0.3 is 0 Å². The Morgan fingerprint density at radius 2 is 2.00 bits per heavy atom. The fourth-order valence-corrected chi connectivity index (χ4v) is 0.911. The highest BCUT2D eigenvalue weighted by molar-refractivity contribution is 5.35. The first-order valence-electron chi connectivity index (χ1n) is 4.13. The van der Waals surface area contributed by atoms with Gasteiger partial charge in [-0.3, -0.25) is 0 Å². The van der Waals surface area contributed by atoms with Crippen molar-refractivity contribution in [3.63, 3.8) is 0 Å². The lowest BCUT2D eigenvalue weighted by molar-refractivity contribution is 0.901. The summed E-state index contributed by atoms with van der Waals surface area (Å²) in [6.45, 7) is 5.96. The lowest BCUT2D eigenvalue weighted by Crippen LogP contribution is -1.91. The Kier molecular flexibility index (Phi) is 2.80.